The van der Waals surface area contributed by atoms with E-state index < -0.39 is 10.0 Å². The van der Waals surface area contributed by atoms with Gasteiger partial charge in [0.2, 0.25) is 0 Å². The maximum Gasteiger partial charge on any atom is 0.261 e. The molecule has 3 aromatic carbocycles. The van der Waals surface area contributed by atoms with Gasteiger partial charge in [-0.2, -0.15) is 0 Å². The minimum Gasteiger partial charge on any atom is -0.280 e. The van der Waals surface area contributed by atoms with Crippen LogP contribution in [0.4, 0.5) is 5.69 Å². The van der Waals surface area contributed by atoms with Gasteiger partial charge in [0.1, 0.15) is 0 Å². The highest BCUT2D eigenvalue weighted by Gasteiger charge is 2.23. The molecule has 0 aliphatic rings. The summed E-state index contributed by atoms with van der Waals surface area (Å²) in [7, 11) is -3.58. The summed E-state index contributed by atoms with van der Waals surface area (Å²) in [6.07, 6.45) is 0. The summed E-state index contributed by atoms with van der Waals surface area (Å²) in [5.74, 6) is 0. The van der Waals surface area contributed by atoms with E-state index in [2.05, 4.69) is 30.7 Å². The van der Waals surface area contributed by atoms with Crippen LogP contribution in [0.1, 0.15) is 30.5 Å². The van der Waals surface area contributed by atoms with E-state index in [1.165, 1.54) is 5.56 Å². The fraction of sp³-hybridized carbons (Fsp3) is 0.182. The van der Waals surface area contributed by atoms with Gasteiger partial charge in [0.25, 0.3) is 10.0 Å². The topological polar surface area (TPSA) is 46.2 Å². The number of hydrogen-bond acceptors (Lipinski definition) is 2. The molecule has 0 aliphatic heterocycles. The van der Waals surface area contributed by atoms with Crippen molar-refractivity contribution in [2.45, 2.75) is 31.1 Å². The molecule has 0 spiro atoms. The average molecular weight is 365 g/mol. The van der Waals surface area contributed by atoms with Crippen LogP contribution in [-0.2, 0) is 15.4 Å². The number of hydrogen-bond donors (Lipinski definition) is 1. The van der Waals surface area contributed by atoms with Gasteiger partial charge in [0.15, 0.2) is 0 Å². The molecule has 134 valence electrons. The molecule has 0 saturated carbocycles. The molecule has 1 N–H and O–H groups in total. The first-order valence-corrected chi connectivity index (χ1v) is 10.0. The standard InChI is InChI=1S/C22H23NO2S/c1-17-9-15-21(16-10-17)26(24,25)23-20-13-11-19(12-14-20)22(2,3)18-7-5-4-6-8-18/h4-16,23H,1-3H3. The number of anilines is 1. The predicted octanol–water partition coefficient (Wildman–Crippen LogP) is 5.12. The maximum atomic E-state index is 12.5. The van der Waals surface area contributed by atoms with E-state index in [1.807, 2.05) is 49.4 Å². The van der Waals surface area contributed by atoms with Crippen LogP contribution in [0.2, 0.25) is 0 Å². The van der Waals surface area contributed by atoms with Crippen LogP contribution in [0, 0.1) is 6.92 Å². The lowest BCUT2D eigenvalue weighted by Crippen LogP contribution is -2.19. The van der Waals surface area contributed by atoms with Crippen molar-refractivity contribution in [1.29, 1.82) is 0 Å². The molecular formula is C22H23NO2S. The second-order valence-corrected chi connectivity index (χ2v) is 8.67. The minimum atomic E-state index is -3.58. The van der Waals surface area contributed by atoms with E-state index >= 15 is 0 Å². The summed E-state index contributed by atoms with van der Waals surface area (Å²) in [6.45, 7) is 6.25. The van der Waals surface area contributed by atoms with Gasteiger partial charge in [-0.25, -0.2) is 8.42 Å². The van der Waals surface area contributed by atoms with Crippen LogP contribution >= 0.6 is 0 Å². The third-order valence-electron chi connectivity index (χ3n) is 4.69. The number of benzene rings is 3. The van der Waals surface area contributed by atoms with Crippen LogP contribution in [0.3, 0.4) is 0 Å². The van der Waals surface area contributed by atoms with Crippen molar-refractivity contribution in [3.8, 4) is 0 Å². The molecule has 3 aromatic rings. The molecule has 0 atom stereocenters. The summed E-state index contributed by atoms with van der Waals surface area (Å²) in [4.78, 5) is 0.261. The van der Waals surface area contributed by atoms with Crippen molar-refractivity contribution in [2.75, 3.05) is 4.72 Å². The zero-order chi connectivity index (χ0) is 18.8. The van der Waals surface area contributed by atoms with Gasteiger partial charge in [0.05, 0.1) is 4.90 Å². The molecule has 26 heavy (non-hydrogen) atoms. The molecule has 0 aromatic heterocycles. The Hall–Kier alpha value is -2.59. The molecule has 3 nitrogen and oxygen atoms in total. The smallest absolute Gasteiger partial charge is 0.261 e. The largest absolute Gasteiger partial charge is 0.280 e. The Morgan fingerprint density at radius 2 is 1.27 bits per heavy atom. The van der Waals surface area contributed by atoms with Crippen LogP contribution in [0.25, 0.3) is 0 Å². The quantitative estimate of drug-likeness (QED) is 0.682. The third kappa shape index (κ3) is 3.81. The van der Waals surface area contributed by atoms with Gasteiger partial charge in [-0.3, -0.25) is 4.72 Å². The van der Waals surface area contributed by atoms with Gasteiger partial charge in [0, 0.05) is 11.1 Å². The van der Waals surface area contributed by atoms with Gasteiger partial charge >= 0.3 is 0 Å². The molecule has 0 bridgehead atoms. The summed E-state index contributed by atoms with van der Waals surface area (Å²) in [5.41, 5.74) is 3.76. The Labute approximate surface area is 155 Å². The zero-order valence-corrected chi connectivity index (χ0v) is 16.0. The van der Waals surface area contributed by atoms with E-state index in [0.717, 1.165) is 11.1 Å². The first-order valence-electron chi connectivity index (χ1n) is 8.54. The SMILES string of the molecule is Cc1ccc(S(=O)(=O)Nc2ccc(C(C)(C)c3ccccc3)cc2)cc1. The minimum absolute atomic E-state index is 0.157. The molecule has 0 aliphatic carbocycles. The Kier molecular flexibility index (Phi) is 4.88. The Morgan fingerprint density at radius 1 is 0.731 bits per heavy atom. The van der Waals surface area contributed by atoms with Gasteiger partial charge in [-0.1, -0.05) is 74.0 Å². The second kappa shape index (κ2) is 6.96. The molecular weight excluding hydrogens is 342 g/mol. The molecule has 0 amide bonds. The van der Waals surface area contributed by atoms with Crippen LogP contribution in [0.15, 0.2) is 83.8 Å². The molecule has 0 heterocycles. The summed E-state index contributed by atoms with van der Waals surface area (Å²) in [5, 5.41) is 0. The zero-order valence-electron chi connectivity index (χ0n) is 15.2. The fourth-order valence-electron chi connectivity index (χ4n) is 2.91. The van der Waals surface area contributed by atoms with Crippen LogP contribution in [0.5, 0.6) is 0 Å². The molecule has 0 radical (unpaired) electrons. The van der Waals surface area contributed by atoms with E-state index in [-0.39, 0.29) is 10.3 Å². The highest BCUT2D eigenvalue weighted by atomic mass is 32.2. The van der Waals surface area contributed by atoms with E-state index in [9.17, 15) is 8.42 Å². The Bertz CT molecular complexity index is 975. The van der Waals surface area contributed by atoms with Crippen molar-refractivity contribution >= 4 is 15.7 Å². The molecule has 0 saturated heterocycles. The number of rotatable bonds is 5. The van der Waals surface area contributed by atoms with Crippen LogP contribution in [-0.4, -0.2) is 8.42 Å². The number of nitrogens with one attached hydrogen (secondary N) is 1. The highest BCUT2D eigenvalue weighted by Crippen LogP contribution is 2.32. The van der Waals surface area contributed by atoms with Gasteiger partial charge in [-0.05, 0) is 42.3 Å². The van der Waals surface area contributed by atoms with Crippen molar-refractivity contribution in [1.82, 2.24) is 0 Å². The highest BCUT2D eigenvalue weighted by molar-refractivity contribution is 7.92. The van der Waals surface area contributed by atoms with Gasteiger partial charge < -0.3 is 0 Å². The molecule has 3 rings (SSSR count). The Balaban J connectivity index is 1.83. The van der Waals surface area contributed by atoms with Crippen LogP contribution < -0.4 is 4.72 Å². The molecule has 0 fully saturated rings. The van der Waals surface area contributed by atoms with E-state index in [1.54, 1.807) is 24.3 Å². The van der Waals surface area contributed by atoms with Crippen molar-refractivity contribution in [3.05, 3.63) is 95.6 Å². The summed E-state index contributed by atoms with van der Waals surface area (Å²) in [6, 6.07) is 24.7. The average Bonchev–Trinajstić information content (AvgIpc) is 2.63. The Morgan fingerprint density at radius 3 is 1.85 bits per heavy atom. The third-order valence-corrected chi connectivity index (χ3v) is 6.08. The molecule has 4 heteroatoms. The second-order valence-electron chi connectivity index (χ2n) is 6.99. The lowest BCUT2D eigenvalue weighted by molar-refractivity contribution is 0.601. The monoisotopic (exact) mass is 365 g/mol. The van der Waals surface area contributed by atoms with Crippen molar-refractivity contribution in [2.24, 2.45) is 0 Å². The first kappa shape index (κ1) is 18.2. The normalized spacial score (nSPS) is 12.0. The molecule has 0 unspecified atom stereocenters. The van der Waals surface area contributed by atoms with Crippen molar-refractivity contribution in [3.63, 3.8) is 0 Å². The summed E-state index contributed by atoms with van der Waals surface area (Å²) < 4.78 is 27.7. The maximum absolute atomic E-state index is 12.5. The van der Waals surface area contributed by atoms with Gasteiger partial charge in [-0.15, -0.1) is 0 Å². The lowest BCUT2D eigenvalue weighted by Gasteiger charge is -2.26. The number of aryl methyl sites for hydroxylation is 1. The van der Waals surface area contributed by atoms with Crippen molar-refractivity contribution < 1.29 is 8.42 Å². The lowest BCUT2D eigenvalue weighted by atomic mass is 9.78. The predicted molar refractivity (Wildman–Crippen MR) is 107 cm³/mol. The first-order chi connectivity index (χ1) is 12.3. The fourth-order valence-corrected chi connectivity index (χ4v) is 3.97. The van der Waals surface area contributed by atoms with E-state index in [4.69, 9.17) is 0 Å². The summed E-state index contributed by atoms with van der Waals surface area (Å²) >= 11 is 0. The van der Waals surface area contributed by atoms with E-state index in [0.29, 0.717) is 5.69 Å². The number of sulfonamides is 1.